The monoisotopic (exact) mass is 557 g/mol. The van der Waals surface area contributed by atoms with Gasteiger partial charge in [0.05, 0.1) is 27.8 Å². The van der Waals surface area contributed by atoms with Crippen LogP contribution in [0.25, 0.3) is 10.2 Å². The van der Waals surface area contributed by atoms with Crippen LogP contribution in [0.3, 0.4) is 0 Å². The molecule has 1 unspecified atom stereocenters. The number of sulfonamides is 1. The van der Waals surface area contributed by atoms with E-state index < -0.39 is 10.0 Å². The summed E-state index contributed by atoms with van der Waals surface area (Å²) < 4.78 is 35.2. The van der Waals surface area contributed by atoms with Crippen molar-refractivity contribution in [3.63, 3.8) is 0 Å². The summed E-state index contributed by atoms with van der Waals surface area (Å²) >= 11 is 1.50. The molecule has 2 heterocycles. The van der Waals surface area contributed by atoms with Gasteiger partial charge in [0.1, 0.15) is 0 Å². The third-order valence-corrected chi connectivity index (χ3v) is 9.90. The van der Waals surface area contributed by atoms with Crippen molar-refractivity contribution in [2.45, 2.75) is 77.2 Å². The molecule has 0 N–H and O–H groups in total. The summed E-state index contributed by atoms with van der Waals surface area (Å²) in [7, 11) is -3.63. The van der Waals surface area contributed by atoms with Gasteiger partial charge in [-0.15, -0.1) is 0 Å². The number of carbonyl (C=O) groups is 1. The summed E-state index contributed by atoms with van der Waals surface area (Å²) in [5.74, 6) is -0.202. The summed E-state index contributed by atoms with van der Waals surface area (Å²) in [5, 5.41) is 0.635. The van der Waals surface area contributed by atoms with Crippen molar-refractivity contribution in [3.05, 3.63) is 53.1 Å². The second kappa shape index (κ2) is 12.7. The minimum Gasteiger partial charge on any atom is -0.376 e. The van der Waals surface area contributed by atoms with Gasteiger partial charge in [-0.25, -0.2) is 13.4 Å². The zero-order chi connectivity index (χ0) is 27.3. The van der Waals surface area contributed by atoms with Crippen LogP contribution in [0.15, 0.2) is 41.3 Å². The number of benzene rings is 2. The van der Waals surface area contributed by atoms with Gasteiger partial charge in [0, 0.05) is 25.3 Å². The van der Waals surface area contributed by atoms with E-state index in [-0.39, 0.29) is 16.9 Å². The molecule has 1 saturated heterocycles. The number of nitrogens with zero attached hydrogens (tertiary/aromatic N) is 3. The maximum absolute atomic E-state index is 13.8. The molecule has 0 saturated carbocycles. The Hall–Kier alpha value is -2.33. The lowest BCUT2D eigenvalue weighted by Crippen LogP contribution is -2.37. The minimum absolute atomic E-state index is 0.0425. The van der Waals surface area contributed by atoms with Crippen molar-refractivity contribution in [2.75, 3.05) is 31.1 Å². The number of fused-ring (bicyclic) bond motifs is 1. The van der Waals surface area contributed by atoms with E-state index in [1.807, 2.05) is 6.92 Å². The molecular formula is C29H39N3O4S2. The van der Waals surface area contributed by atoms with E-state index in [1.165, 1.54) is 11.3 Å². The van der Waals surface area contributed by atoms with Gasteiger partial charge in [0.25, 0.3) is 5.91 Å². The molecule has 38 heavy (non-hydrogen) atoms. The van der Waals surface area contributed by atoms with Crippen molar-refractivity contribution in [3.8, 4) is 0 Å². The zero-order valence-electron chi connectivity index (χ0n) is 22.9. The molecule has 7 nitrogen and oxygen atoms in total. The number of amides is 1. The van der Waals surface area contributed by atoms with Gasteiger partial charge in [0.2, 0.25) is 10.0 Å². The molecule has 4 rings (SSSR count). The van der Waals surface area contributed by atoms with Gasteiger partial charge >= 0.3 is 0 Å². The van der Waals surface area contributed by atoms with Crippen molar-refractivity contribution >= 4 is 42.6 Å². The number of hydrogen-bond donors (Lipinski definition) is 0. The molecule has 1 fully saturated rings. The van der Waals surface area contributed by atoms with Gasteiger partial charge < -0.3 is 4.74 Å². The minimum atomic E-state index is -3.63. The fourth-order valence-corrected chi connectivity index (χ4v) is 7.48. The Balaban J connectivity index is 1.63. The van der Waals surface area contributed by atoms with Crippen LogP contribution >= 0.6 is 11.3 Å². The first-order chi connectivity index (χ1) is 18.2. The van der Waals surface area contributed by atoms with Crippen LogP contribution in [-0.2, 0) is 14.8 Å². The van der Waals surface area contributed by atoms with Gasteiger partial charge in [-0.1, -0.05) is 44.1 Å². The lowest BCUT2D eigenvalue weighted by molar-refractivity contribution is 0.0917. The molecule has 1 aliphatic heterocycles. The standard InChI is InChI=1S/C29H39N3O4S2/c1-5-7-15-31(16-8-6-2)38(34,35)25-13-11-23(12-14-25)28(33)32(20-24-10-9-17-36-24)29-30-27-22(4)18-21(3)19-26(27)37-29/h11-14,18-19,24H,5-10,15-17,20H2,1-4H3. The summed E-state index contributed by atoms with van der Waals surface area (Å²) in [6, 6.07) is 10.6. The van der Waals surface area contributed by atoms with Crippen LogP contribution < -0.4 is 4.90 Å². The number of anilines is 1. The Kier molecular flexibility index (Phi) is 9.57. The predicted octanol–water partition coefficient (Wildman–Crippen LogP) is 6.33. The van der Waals surface area contributed by atoms with Gasteiger partial charge in [-0.3, -0.25) is 9.69 Å². The van der Waals surface area contributed by atoms with E-state index in [0.717, 1.165) is 59.9 Å². The molecule has 1 aromatic heterocycles. The maximum atomic E-state index is 13.8. The van der Waals surface area contributed by atoms with E-state index in [1.54, 1.807) is 33.5 Å². The van der Waals surface area contributed by atoms with E-state index in [2.05, 4.69) is 32.9 Å². The summed E-state index contributed by atoms with van der Waals surface area (Å²) in [6.07, 6.45) is 5.32. The number of hydrogen-bond acceptors (Lipinski definition) is 6. The molecule has 0 radical (unpaired) electrons. The smallest absolute Gasteiger partial charge is 0.260 e. The first-order valence-electron chi connectivity index (χ1n) is 13.7. The van der Waals surface area contributed by atoms with E-state index in [4.69, 9.17) is 9.72 Å². The molecule has 1 atom stereocenters. The molecule has 9 heteroatoms. The highest BCUT2D eigenvalue weighted by atomic mass is 32.2. The lowest BCUT2D eigenvalue weighted by atomic mass is 10.1. The van der Waals surface area contributed by atoms with Crippen LogP contribution in [0, 0.1) is 13.8 Å². The Morgan fingerprint density at radius 3 is 2.37 bits per heavy atom. The van der Waals surface area contributed by atoms with E-state index in [9.17, 15) is 13.2 Å². The second-order valence-electron chi connectivity index (χ2n) is 10.1. The summed E-state index contributed by atoms with van der Waals surface area (Å²) in [5.41, 5.74) is 3.58. The van der Waals surface area contributed by atoms with Gasteiger partial charge in [0.15, 0.2) is 5.13 Å². The Morgan fingerprint density at radius 2 is 1.76 bits per heavy atom. The molecule has 2 aromatic carbocycles. The van der Waals surface area contributed by atoms with Crippen LogP contribution in [0.5, 0.6) is 0 Å². The number of thiazole rings is 1. The second-order valence-corrected chi connectivity index (χ2v) is 13.1. The third-order valence-electron chi connectivity index (χ3n) is 6.97. The average Bonchev–Trinajstić information content (AvgIpc) is 3.57. The largest absolute Gasteiger partial charge is 0.376 e. The summed E-state index contributed by atoms with van der Waals surface area (Å²) in [4.78, 5) is 20.6. The van der Waals surface area contributed by atoms with Crippen LogP contribution in [0.2, 0.25) is 0 Å². The lowest BCUT2D eigenvalue weighted by Gasteiger charge is -2.24. The number of unbranched alkanes of at least 4 members (excludes halogenated alkanes) is 2. The first-order valence-corrected chi connectivity index (χ1v) is 15.9. The molecule has 1 aliphatic rings. The van der Waals surface area contributed by atoms with E-state index in [0.29, 0.717) is 36.9 Å². The van der Waals surface area contributed by atoms with Gasteiger partial charge in [-0.2, -0.15) is 4.31 Å². The molecule has 0 aliphatic carbocycles. The van der Waals surface area contributed by atoms with Crippen LogP contribution in [0.4, 0.5) is 5.13 Å². The first kappa shape index (κ1) is 28.7. The Morgan fingerprint density at radius 1 is 1.08 bits per heavy atom. The maximum Gasteiger partial charge on any atom is 0.260 e. The summed E-state index contributed by atoms with van der Waals surface area (Å²) in [6.45, 7) is 10.3. The van der Waals surface area contributed by atoms with Crippen LogP contribution in [-0.4, -0.2) is 56.0 Å². The highest BCUT2D eigenvalue weighted by Crippen LogP contribution is 2.33. The topological polar surface area (TPSA) is 79.8 Å². The SMILES string of the molecule is CCCCN(CCCC)S(=O)(=O)c1ccc(C(=O)N(CC2CCCO2)c2nc3c(C)cc(C)cc3s2)cc1. The normalized spacial score (nSPS) is 16.0. The number of carbonyl (C=O) groups excluding carboxylic acids is 1. The molecule has 1 amide bonds. The molecule has 206 valence electrons. The zero-order valence-corrected chi connectivity index (χ0v) is 24.5. The Labute approximate surface area is 230 Å². The van der Waals surface area contributed by atoms with Crippen molar-refractivity contribution < 1.29 is 17.9 Å². The number of rotatable bonds is 12. The van der Waals surface area contributed by atoms with Crippen molar-refractivity contribution in [1.82, 2.24) is 9.29 Å². The van der Waals surface area contributed by atoms with E-state index >= 15 is 0 Å². The van der Waals surface area contributed by atoms with Gasteiger partial charge in [-0.05, 0) is 81.0 Å². The molecular weight excluding hydrogens is 518 g/mol. The molecule has 0 bridgehead atoms. The molecule has 0 spiro atoms. The predicted molar refractivity (Wildman–Crippen MR) is 155 cm³/mol. The Bertz CT molecular complexity index is 1340. The number of ether oxygens (including phenoxy) is 1. The fraction of sp³-hybridized carbons (Fsp3) is 0.517. The number of aromatic nitrogens is 1. The third kappa shape index (κ3) is 6.45. The molecule has 3 aromatic rings. The van der Waals surface area contributed by atoms with Crippen molar-refractivity contribution in [1.29, 1.82) is 0 Å². The highest BCUT2D eigenvalue weighted by molar-refractivity contribution is 7.89. The number of aryl methyl sites for hydroxylation is 2. The quantitative estimate of drug-likeness (QED) is 0.260. The highest BCUT2D eigenvalue weighted by Gasteiger charge is 2.28. The fourth-order valence-electron chi connectivity index (χ4n) is 4.81. The van der Waals surface area contributed by atoms with Crippen LogP contribution in [0.1, 0.15) is 73.9 Å². The average molecular weight is 558 g/mol. The van der Waals surface area contributed by atoms with Crippen molar-refractivity contribution in [2.24, 2.45) is 0 Å².